The van der Waals surface area contributed by atoms with Crippen LogP contribution in [0.4, 0.5) is 0 Å². The van der Waals surface area contributed by atoms with Gasteiger partial charge in [-0.25, -0.2) is 0 Å². The number of aromatic amines is 1. The van der Waals surface area contributed by atoms with Crippen LogP contribution in [0.2, 0.25) is 0 Å². The molecule has 1 N–H and O–H groups in total. The number of nitrogens with zero attached hydrogens (tertiary/aromatic N) is 3. The second kappa shape index (κ2) is 7.66. The van der Waals surface area contributed by atoms with Crippen molar-refractivity contribution in [2.75, 3.05) is 27.2 Å². The first-order valence-corrected chi connectivity index (χ1v) is 8.95. The third kappa shape index (κ3) is 3.65. The Morgan fingerprint density at radius 1 is 1.07 bits per heavy atom. The Kier molecular flexibility index (Phi) is 4.90. The minimum absolute atomic E-state index is 0.171. The van der Waals surface area contributed by atoms with E-state index in [1.54, 1.807) is 6.07 Å². The lowest BCUT2D eigenvalue weighted by molar-refractivity contribution is 0.262. The predicted octanol–water partition coefficient (Wildman–Crippen LogP) is 3.19. The van der Waals surface area contributed by atoms with E-state index in [0.717, 1.165) is 17.4 Å². The molecule has 7 heteroatoms. The van der Waals surface area contributed by atoms with Gasteiger partial charge < -0.3 is 19.1 Å². The largest absolute Gasteiger partial charge is 0.491 e. The van der Waals surface area contributed by atoms with Gasteiger partial charge in [0.15, 0.2) is 0 Å². The molecule has 0 radical (unpaired) electrons. The van der Waals surface area contributed by atoms with Crippen molar-refractivity contribution in [2.24, 2.45) is 0 Å². The summed E-state index contributed by atoms with van der Waals surface area (Å²) in [5.41, 5.74) is 1.54. The number of rotatable bonds is 6. The Morgan fingerprint density at radius 3 is 2.71 bits per heavy atom. The van der Waals surface area contributed by atoms with Crippen LogP contribution in [0, 0.1) is 0 Å². The van der Waals surface area contributed by atoms with Gasteiger partial charge in [0.25, 0.3) is 11.4 Å². The second-order valence-corrected chi connectivity index (χ2v) is 6.67. The van der Waals surface area contributed by atoms with E-state index in [4.69, 9.17) is 9.26 Å². The van der Waals surface area contributed by atoms with Gasteiger partial charge in [0, 0.05) is 12.1 Å². The number of likely N-dealkylation sites (N-methyl/N-ethyl adjacent to an activating group) is 1. The van der Waals surface area contributed by atoms with E-state index < -0.39 is 0 Å². The van der Waals surface area contributed by atoms with Gasteiger partial charge in [-0.05, 0) is 43.7 Å². The third-order valence-corrected chi connectivity index (χ3v) is 4.33. The number of aromatic nitrogens is 3. The molecule has 7 nitrogen and oxygen atoms in total. The van der Waals surface area contributed by atoms with Crippen molar-refractivity contribution >= 4 is 10.9 Å². The molecule has 0 unspecified atom stereocenters. The van der Waals surface area contributed by atoms with Crippen molar-refractivity contribution in [1.82, 2.24) is 20.0 Å². The first-order valence-electron chi connectivity index (χ1n) is 8.95. The fourth-order valence-corrected chi connectivity index (χ4v) is 2.86. The van der Waals surface area contributed by atoms with Gasteiger partial charge in [-0.15, -0.1) is 0 Å². The summed E-state index contributed by atoms with van der Waals surface area (Å²) in [4.78, 5) is 21.8. The molecule has 0 fully saturated rings. The van der Waals surface area contributed by atoms with Crippen LogP contribution in [0.25, 0.3) is 33.7 Å². The topological polar surface area (TPSA) is 84.2 Å². The fraction of sp³-hybridized carbons (Fsp3) is 0.190. The van der Waals surface area contributed by atoms with Crippen molar-refractivity contribution in [3.8, 4) is 28.6 Å². The smallest absolute Gasteiger partial charge is 0.263 e. The number of fused-ring (bicyclic) bond motifs is 1. The molecule has 0 saturated heterocycles. The molecule has 4 rings (SSSR count). The van der Waals surface area contributed by atoms with E-state index in [1.165, 1.54) is 0 Å². The fourth-order valence-electron chi connectivity index (χ4n) is 2.86. The number of H-pyrrole nitrogens is 1. The van der Waals surface area contributed by atoms with Crippen molar-refractivity contribution in [3.63, 3.8) is 0 Å². The quantitative estimate of drug-likeness (QED) is 0.556. The summed E-state index contributed by atoms with van der Waals surface area (Å²) in [7, 11) is 3.98. The Balaban J connectivity index is 1.67. The van der Waals surface area contributed by atoms with Crippen LogP contribution in [0.1, 0.15) is 0 Å². The molecule has 0 aliphatic carbocycles. The maximum atomic E-state index is 12.4. The highest BCUT2D eigenvalue weighted by atomic mass is 16.5. The first kappa shape index (κ1) is 17.9. The minimum atomic E-state index is -0.274. The van der Waals surface area contributed by atoms with E-state index in [-0.39, 0.29) is 11.4 Å². The van der Waals surface area contributed by atoms with E-state index in [0.29, 0.717) is 29.3 Å². The zero-order chi connectivity index (χ0) is 19.5. The third-order valence-electron chi connectivity index (χ3n) is 4.33. The average molecular weight is 376 g/mol. The van der Waals surface area contributed by atoms with Crippen molar-refractivity contribution < 1.29 is 9.26 Å². The van der Waals surface area contributed by atoms with Crippen LogP contribution in [-0.2, 0) is 0 Å². The lowest BCUT2D eigenvalue weighted by Gasteiger charge is -2.12. The zero-order valence-electron chi connectivity index (χ0n) is 15.7. The molecule has 2 aromatic heterocycles. The highest BCUT2D eigenvalue weighted by Gasteiger charge is 2.17. The maximum Gasteiger partial charge on any atom is 0.263 e. The average Bonchev–Trinajstić information content (AvgIpc) is 3.17. The molecule has 4 aromatic rings. The summed E-state index contributed by atoms with van der Waals surface area (Å²) in [6, 6.07) is 16.8. The first-order chi connectivity index (χ1) is 13.6. The molecule has 142 valence electrons. The predicted molar refractivity (Wildman–Crippen MR) is 107 cm³/mol. The Hall–Kier alpha value is -3.45. The molecule has 0 aliphatic heterocycles. The summed E-state index contributed by atoms with van der Waals surface area (Å²) >= 11 is 0. The van der Waals surface area contributed by atoms with Crippen molar-refractivity contribution in [1.29, 1.82) is 0 Å². The summed E-state index contributed by atoms with van der Waals surface area (Å²) < 4.78 is 11.3. The van der Waals surface area contributed by atoms with Crippen LogP contribution in [0.3, 0.4) is 0 Å². The van der Waals surface area contributed by atoms with E-state index in [2.05, 4.69) is 15.1 Å². The van der Waals surface area contributed by atoms with Crippen molar-refractivity contribution in [2.45, 2.75) is 0 Å². The SMILES string of the molecule is CN(C)CCOc1ccccc1-c1noc(-c2cc3ccccc3[nH]c2=O)n1. The van der Waals surface area contributed by atoms with E-state index in [1.807, 2.05) is 67.5 Å². The van der Waals surface area contributed by atoms with Crippen LogP contribution in [0.5, 0.6) is 5.75 Å². The highest BCUT2D eigenvalue weighted by Crippen LogP contribution is 2.29. The van der Waals surface area contributed by atoms with Gasteiger partial charge in [-0.3, -0.25) is 4.79 Å². The molecule has 0 spiro atoms. The normalized spacial score (nSPS) is 11.2. The van der Waals surface area contributed by atoms with Gasteiger partial charge in [-0.2, -0.15) is 4.98 Å². The molecule has 2 heterocycles. The highest BCUT2D eigenvalue weighted by molar-refractivity contribution is 5.82. The van der Waals surface area contributed by atoms with E-state index in [9.17, 15) is 4.79 Å². The molecule has 0 atom stereocenters. The molecular formula is C21H20N4O3. The Bertz CT molecular complexity index is 1160. The number of para-hydroxylation sites is 2. The van der Waals surface area contributed by atoms with Gasteiger partial charge in [0.05, 0.1) is 5.56 Å². The second-order valence-electron chi connectivity index (χ2n) is 6.67. The molecule has 28 heavy (non-hydrogen) atoms. The molecule has 0 amide bonds. The molecule has 2 aromatic carbocycles. The number of pyridine rings is 1. The van der Waals surface area contributed by atoms with Crippen LogP contribution in [-0.4, -0.2) is 47.3 Å². The minimum Gasteiger partial charge on any atom is -0.491 e. The summed E-state index contributed by atoms with van der Waals surface area (Å²) in [5, 5.41) is 4.95. The Labute approximate surface area is 161 Å². The monoisotopic (exact) mass is 376 g/mol. The van der Waals surface area contributed by atoms with Gasteiger partial charge in [0.2, 0.25) is 5.82 Å². The lowest BCUT2D eigenvalue weighted by atomic mass is 10.1. The number of hydrogen-bond acceptors (Lipinski definition) is 6. The molecule has 0 saturated carbocycles. The molecule has 0 aliphatic rings. The number of ether oxygens (including phenoxy) is 1. The van der Waals surface area contributed by atoms with Crippen LogP contribution >= 0.6 is 0 Å². The number of benzene rings is 2. The Morgan fingerprint density at radius 2 is 1.86 bits per heavy atom. The molecular weight excluding hydrogens is 356 g/mol. The van der Waals surface area contributed by atoms with Gasteiger partial charge in [0.1, 0.15) is 17.9 Å². The molecule has 0 bridgehead atoms. The lowest BCUT2D eigenvalue weighted by Crippen LogP contribution is -2.19. The summed E-state index contributed by atoms with van der Waals surface area (Å²) in [6.07, 6.45) is 0. The van der Waals surface area contributed by atoms with Crippen molar-refractivity contribution in [3.05, 3.63) is 65.0 Å². The summed E-state index contributed by atoms with van der Waals surface area (Å²) in [5.74, 6) is 1.22. The number of hydrogen-bond donors (Lipinski definition) is 1. The van der Waals surface area contributed by atoms with Crippen LogP contribution in [0.15, 0.2) is 63.9 Å². The van der Waals surface area contributed by atoms with Crippen LogP contribution < -0.4 is 10.3 Å². The van der Waals surface area contributed by atoms with E-state index >= 15 is 0 Å². The van der Waals surface area contributed by atoms with Gasteiger partial charge >= 0.3 is 0 Å². The maximum absolute atomic E-state index is 12.4. The van der Waals surface area contributed by atoms with Gasteiger partial charge in [-0.1, -0.05) is 35.5 Å². The zero-order valence-corrected chi connectivity index (χ0v) is 15.7. The summed E-state index contributed by atoms with van der Waals surface area (Å²) in [6.45, 7) is 1.33. The standard InChI is InChI=1S/C21H20N4O3/c1-25(2)11-12-27-18-10-6-4-8-15(18)19-23-21(28-24-19)16-13-14-7-3-5-9-17(14)22-20(16)26/h3-10,13H,11-12H2,1-2H3,(H,22,26). The number of nitrogens with one attached hydrogen (secondary N) is 1.